The van der Waals surface area contributed by atoms with Gasteiger partial charge in [0.05, 0.1) is 30.9 Å². The molecule has 0 radical (unpaired) electrons. The molecule has 2 unspecified atom stereocenters. The number of ether oxygens (including phenoxy) is 1. The number of aliphatic hydroxyl groups excluding tert-OH is 1. The van der Waals surface area contributed by atoms with Gasteiger partial charge in [0, 0.05) is 6.54 Å². The first-order chi connectivity index (χ1) is 9.79. The van der Waals surface area contributed by atoms with Crippen molar-refractivity contribution in [1.29, 1.82) is 0 Å². The summed E-state index contributed by atoms with van der Waals surface area (Å²) in [5.41, 5.74) is 2.11. The summed E-state index contributed by atoms with van der Waals surface area (Å²) in [6.45, 7) is 3.61. The molecule has 1 aliphatic heterocycles. The number of rotatable bonds is 4. The highest BCUT2D eigenvalue weighted by molar-refractivity contribution is 5.37. The van der Waals surface area contributed by atoms with Crippen LogP contribution in [-0.2, 0) is 6.54 Å². The van der Waals surface area contributed by atoms with Crippen LogP contribution in [-0.4, -0.2) is 21.3 Å². The van der Waals surface area contributed by atoms with Gasteiger partial charge in [0.1, 0.15) is 5.75 Å². The van der Waals surface area contributed by atoms with E-state index in [4.69, 9.17) is 4.74 Å². The molecule has 4 heteroatoms. The Bertz CT molecular complexity index is 579. The number of benzene rings is 1. The first-order valence-corrected chi connectivity index (χ1v) is 7.19. The van der Waals surface area contributed by atoms with Crippen molar-refractivity contribution in [3.63, 3.8) is 0 Å². The number of aliphatic hydroxyl groups is 1. The Balaban J connectivity index is 1.79. The fraction of sp³-hybridized carbons (Fsp3) is 0.438. The molecule has 2 aromatic rings. The zero-order chi connectivity index (χ0) is 13.9. The third kappa shape index (κ3) is 2.43. The van der Waals surface area contributed by atoms with Crippen LogP contribution in [0.3, 0.4) is 0 Å². The number of fused-ring (bicyclic) bond motifs is 1. The number of aromatic nitrogens is 2. The molecule has 2 atom stereocenters. The molecule has 0 spiro atoms. The van der Waals surface area contributed by atoms with Crippen molar-refractivity contribution in [3.8, 4) is 5.75 Å². The van der Waals surface area contributed by atoms with E-state index in [-0.39, 0.29) is 0 Å². The van der Waals surface area contributed by atoms with Crippen LogP contribution in [0.5, 0.6) is 5.75 Å². The van der Waals surface area contributed by atoms with Gasteiger partial charge in [-0.05, 0) is 37.3 Å². The topological polar surface area (TPSA) is 47.3 Å². The van der Waals surface area contributed by atoms with Gasteiger partial charge in [-0.1, -0.05) is 18.2 Å². The third-order valence-corrected chi connectivity index (χ3v) is 4.02. The molecule has 4 nitrogen and oxygen atoms in total. The van der Waals surface area contributed by atoms with Gasteiger partial charge in [0.25, 0.3) is 0 Å². The fourth-order valence-electron chi connectivity index (χ4n) is 2.92. The first-order valence-electron chi connectivity index (χ1n) is 7.19. The van der Waals surface area contributed by atoms with Gasteiger partial charge >= 0.3 is 0 Å². The second-order valence-corrected chi connectivity index (χ2v) is 5.23. The van der Waals surface area contributed by atoms with E-state index < -0.39 is 6.10 Å². The molecule has 0 aliphatic carbocycles. The van der Waals surface area contributed by atoms with E-state index in [1.54, 1.807) is 12.5 Å². The minimum absolute atomic E-state index is 0.343. The number of hydrogen-bond acceptors (Lipinski definition) is 3. The van der Waals surface area contributed by atoms with Crippen molar-refractivity contribution in [2.45, 2.75) is 38.3 Å². The lowest BCUT2D eigenvalue weighted by Gasteiger charge is -2.27. The van der Waals surface area contributed by atoms with Crippen LogP contribution in [0, 0.1) is 0 Å². The van der Waals surface area contributed by atoms with E-state index in [9.17, 15) is 5.11 Å². The number of nitrogens with zero attached hydrogens (tertiary/aromatic N) is 2. The van der Waals surface area contributed by atoms with Crippen LogP contribution in [0.25, 0.3) is 0 Å². The second kappa shape index (κ2) is 5.67. The quantitative estimate of drug-likeness (QED) is 0.931. The summed E-state index contributed by atoms with van der Waals surface area (Å²) in [7, 11) is 0. The zero-order valence-electron chi connectivity index (χ0n) is 11.7. The maximum absolute atomic E-state index is 10.5. The minimum Gasteiger partial charge on any atom is -0.493 e. The lowest BCUT2D eigenvalue weighted by molar-refractivity contribution is 0.137. The standard InChI is InChI=1S/C16H20N2O2/c1-2-18-11-17-10-14(18)15(19)9-12-7-8-20-16-6-4-3-5-13(12)16/h3-6,10-12,15,19H,2,7-9H2,1H3. The summed E-state index contributed by atoms with van der Waals surface area (Å²) in [5, 5.41) is 10.5. The van der Waals surface area contributed by atoms with Gasteiger partial charge in [0.15, 0.2) is 0 Å². The summed E-state index contributed by atoms with van der Waals surface area (Å²) in [6.07, 6.45) is 4.73. The summed E-state index contributed by atoms with van der Waals surface area (Å²) >= 11 is 0. The zero-order valence-corrected chi connectivity index (χ0v) is 11.7. The summed E-state index contributed by atoms with van der Waals surface area (Å²) in [4.78, 5) is 4.13. The smallest absolute Gasteiger partial charge is 0.122 e. The van der Waals surface area contributed by atoms with Crippen LogP contribution in [0.15, 0.2) is 36.8 Å². The second-order valence-electron chi connectivity index (χ2n) is 5.23. The van der Waals surface area contributed by atoms with Gasteiger partial charge in [-0.2, -0.15) is 0 Å². The summed E-state index contributed by atoms with van der Waals surface area (Å²) in [5.74, 6) is 1.30. The lowest BCUT2D eigenvalue weighted by Crippen LogP contribution is -2.17. The lowest BCUT2D eigenvalue weighted by atomic mass is 9.87. The number of imidazole rings is 1. The van der Waals surface area contributed by atoms with Crippen LogP contribution >= 0.6 is 0 Å². The molecule has 1 aromatic heterocycles. The van der Waals surface area contributed by atoms with Crippen molar-refractivity contribution in [2.75, 3.05) is 6.61 Å². The Morgan fingerprint density at radius 1 is 1.45 bits per heavy atom. The molecule has 0 saturated heterocycles. The largest absolute Gasteiger partial charge is 0.493 e. The predicted molar refractivity (Wildman–Crippen MR) is 76.8 cm³/mol. The highest BCUT2D eigenvalue weighted by Gasteiger charge is 2.25. The maximum atomic E-state index is 10.5. The molecule has 0 saturated carbocycles. The third-order valence-electron chi connectivity index (χ3n) is 4.02. The molecule has 106 valence electrons. The molecular weight excluding hydrogens is 252 g/mol. The van der Waals surface area contributed by atoms with Crippen LogP contribution < -0.4 is 4.74 Å². The summed E-state index contributed by atoms with van der Waals surface area (Å²) < 4.78 is 7.67. The van der Waals surface area contributed by atoms with Gasteiger partial charge in [0.2, 0.25) is 0 Å². The van der Waals surface area contributed by atoms with Gasteiger partial charge in [-0.15, -0.1) is 0 Å². The van der Waals surface area contributed by atoms with Crippen LogP contribution in [0.2, 0.25) is 0 Å². The number of para-hydroxylation sites is 1. The molecule has 0 fully saturated rings. The van der Waals surface area contributed by atoms with Gasteiger partial charge in [-0.3, -0.25) is 0 Å². The molecule has 0 bridgehead atoms. The highest BCUT2D eigenvalue weighted by Crippen LogP contribution is 2.38. The van der Waals surface area contributed by atoms with E-state index in [0.29, 0.717) is 12.3 Å². The Labute approximate surface area is 119 Å². The normalized spacial score (nSPS) is 19.2. The van der Waals surface area contributed by atoms with Crippen molar-refractivity contribution in [2.24, 2.45) is 0 Å². The van der Waals surface area contributed by atoms with Crippen molar-refractivity contribution in [3.05, 3.63) is 48.0 Å². The summed E-state index contributed by atoms with van der Waals surface area (Å²) in [6, 6.07) is 8.13. The predicted octanol–water partition coefficient (Wildman–Crippen LogP) is 2.89. The van der Waals surface area contributed by atoms with Crippen molar-refractivity contribution in [1.82, 2.24) is 9.55 Å². The van der Waals surface area contributed by atoms with E-state index in [2.05, 4.69) is 18.0 Å². The minimum atomic E-state index is -0.478. The Morgan fingerprint density at radius 2 is 2.30 bits per heavy atom. The Morgan fingerprint density at radius 3 is 3.15 bits per heavy atom. The molecule has 20 heavy (non-hydrogen) atoms. The van der Waals surface area contributed by atoms with Gasteiger partial charge in [-0.25, -0.2) is 4.98 Å². The molecule has 2 heterocycles. The van der Waals surface area contributed by atoms with Crippen molar-refractivity contribution >= 4 is 0 Å². The molecule has 1 N–H and O–H groups in total. The molecular formula is C16H20N2O2. The number of hydrogen-bond donors (Lipinski definition) is 1. The Kier molecular flexibility index (Phi) is 3.74. The average Bonchev–Trinajstić information content (AvgIpc) is 2.96. The van der Waals surface area contributed by atoms with E-state index >= 15 is 0 Å². The molecule has 1 aliphatic rings. The molecule has 1 aromatic carbocycles. The fourth-order valence-corrected chi connectivity index (χ4v) is 2.92. The van der Waals surface area contributed by atoms with Crippen molar-refractivity contribution < 1.29 is 9.84 Å². The van der Waals surface area contributed by atoms with Gasteiger partial charge < -0.3 is 14.4 Å². The van der Waals surface area contributed by atoms with E-state index in [1.807, 2.05) is 22.8 Å². The van der Waals surface area contributed by atoms with Crippen LogP contribution in [0.1, 0.15) is 43.0 Å². The Hall–Kier alpha value is -1.81. The number of aryl methyl sites for hydroxylation is 1. The average molecular weight is 272 g/mol. The molecule has 0 amide bonds. The first kappa shape index (κ1) is 13.2. The highest BCUT2D eigenvalue weighted by atomic mass is 16.5. The monoisotopic (exact) mass is 272 g/mol. The van der Waals surface area contributed by atoms with E-state index in [0.717, 1.165) is 31.0 Å². The molecule has 3 rings (SSSR count). The SMILES string of the molecule is CCn1cncc1C(O)CC1CCOc2ccccc21. The van der Waals surface area contributed by atoms with Crippen LogP contribution in [0.4, 0.5) is 0 Å². The maximum Gasteiger partial charge on any atom is 0.122 e. The van der Waals surface area contributed by atoms with E-state index in [1.165, 1.54) is 5.56 Å².